The van der Waals surface area contributed by atoms with Gasteiger partial charge in [-0.05, 0) is 30.5 Å². The lowest BCUT2D eigenvalue weighted by Gasteiger charge is -2.24. The molecule has 1 aromatic heterocycles. The third kappa shape index (κ3) is 2.59. The number of nitrogens with zero attached hydrogens (tertiary/aromatic N) is 1. The maximum Gasteiger partial charge on any atom is 0.113 e. The molecule has 0 radical (unpaired) electrons. The topological polar surface area (TPSA) is 33.1 Å². The van der Waals surface area contributed by atoms with Crippen molar-refractivity contribution in [3.05, 3.63) is 65.5 Å². The fourth-order valence-electron chi connectivity index (χ4n) is 2.10. The van der Waals surface area contributed by atoms with Gasteiger partial charge in [0.2, 0.25) is 0 Å². The van der Waals surface area contributed by atoms with E-state index in [-0.39, 0.29) is 0 Å². The van der Waals surface area contributed by atoms with E-state index in [0.717, 1.165) is 24.0 Å². The van der Waals surface area contributed by atoms with Crippen LogP contribution in [-0.4, -0.2) is 10.1 Å². The number of aryl methyl sites for hydroxylation is 1. The summed E-state index contributed by atoms with van der Waals surface area (Å²) < 4.78 is 0. The zero-order valence-electron chi connectivity index (χ0n) is 10.9. The lowest BCUT2D eigenvalue weighted by atomic mass is 9.88. The van der Waals surface area contributed by atoms with Crippen molar-refractivity contribution in [2.45, 2.75) is 32.3 Å². The number of aliphatic hydroxyl groups is 1. The average Bonchev–Trinajstić information content (AvgIpc) is 2.41. The number of benzene rings is 1. The Labute approximate surface area is 108 Å². The van der Waals surface area contributed by atoms with E-state index in [1.807, 2.05) is 24.3 Å². The molecule has 0 bridgehead atoms. The number of hydrogen-bond donors (Lipinski definition) is 1. The Hall–Kier alpha value is -1.67. The molecule has 0 saturated heterocycles. The number of aromatic nitrogens is 1. The van der Waals surface area contributed by atoms with Crippen molar-refractivity contribution in [1.82, 2.24) is 4.98 Å². The van der Waals surface area contributed by atoms with Crippen LogP contribution in [0.2, 0.25) is 0 Å². The standard InChI is InChI=1S/C16H19NO/c1-3-5-13-7-9-14(10-8-13)16(2,18)15-6-4-11-17-12-15/h4,6-12,18H,3,5H2,1-2H3. The van der Waals surface area contributed by atoms with Crippen LogP contribution in [0.3, 0.4) is 0 Å². The van der Waals surface area contributed by atoms with E-state index in [2.05, 4.69) is 24.0 Å². The number of pyridine rings is 1. The Morgan fingerprint density at radius 1 is 1.11 bits per heavy atom. The van der Waals surface area contributed by atoms with E-state index >= 15 is 0 Å². The second-order valence-corrected chi connectivity index (χ2v) is 4.76. The second kappa shape index (κ2) is 5.32. The van der Waals surface area contributed by atoms with Gasteiger partial charge in [-0.1, -0.05) is 43.7 Å². The van der Waals surface area contributed by atoms with Crippen LogP contribution in [0.5, 0.6) is 0 Å². The lowest BCUT2D eigenvalue weighted by molar-refractivity contribution is 0.102. The van der Waals surface area contributed by atoms with Crippen LogP contribution in [0.25, 0.3) is 0 Å². The van der Waals surface area contributed by atoms with Gasteiger partial charge in [-0.2, -0.15) is 0 Å². The second-order valence-electron chi connectivity index (χ2n) is 4.76. The SMILES string of the molecule is CCCc1ccc(C(C)(O)c2cccnc2)cc1. The van der Waals surface area contributed by atoms with E-state index in [1.54, 1.807) is 19.3 Å². The first-order chi connectivity index (χ1) is 8.64. The number of rotatable bonds is 4. The zero-order valence-corrected chi connectivity index (χ0v) is 10.9. The molecule has 1 aromatic carbocycles. The Bertz CT molecular complexity index is 488. The maximum atomic E-state index is 10.6. The smallest absolute Gasteiger partial charge is 0.113 e. The molecular weight excluding hydrogens is 222 g/mol. The van der Waals surface area contributed by atoms with Crippen LogP contribution < -0.4 is 0 Å². The fourth-order valence-corrected chi connectivity index (χ4v) is 2.10. The highest BCUT2D eigenvalue weighted by atomic mass is 16.3. The Kier molecular flexibility index (Phi) is 3.78. The van der Waals surface area contributed by atoms with Gasteiger partial charge in [0.15, 0.2) is 0 Å². The van der Waals surface area contributed by atoms with Crippen LogP contribution in [0.1, 0.15) is 37.0 Å². The van der Waals surface area contributed by atoms with E-state index in [0.29, 0.717) is 0 Å². The molecule has 0 fully saturated rings. The molecular formula is C16H19NO. The van der Waals surface area contributed by atoms with Gasteiger partial charge in [0.25, 0.3) is 0 Å². The minimum absolute atomic E-state index is 0.813. The van der Waals surface area contributed by atoms with Crippen molar-refractivity contribution in [2.75, 3.05) is 0 Å². The van der Waals surface area contributed by atoms with Gasteiger partial charge in [0, 0.05) is 18.0 Å². The van der Waals surface area contributed by atoms with Gasteiger partial charge in [-0.3, -0.25) is 4.98 Å². The molecule has 0 aliphatic heterocycles. The van der Waals surface area contributed by atoms with Crippen molar-refractivity contribution < 1.29 is 5.11 Å². The number of hydrogen-bond acceptors (Lipinski definition) is 2. The van der Waals surface area contributed by atoms with Crippen LogP contribution in [0, 0.1) is 0 Å². The van der Waals surface area contributed by atoms with Crippen LogP contribution in [-0.2, 0) is 12.0 Å². The van der Waals surface area contributed by atoms with Crippen molar-refractivity contribution in [3.8, 4) is 0 Å². The third-order valence-corrected chi connectivity index (χ3v) is 3.28. The van der Waals surface area contributed by atoms with Crippen LogP contribution >= 0.6 is 0 Å². The van der Waals surface area contributed by atoms with E-state index in [1.165, 1.54) is 5.56 Å². The van der Waals surface area contributed by atoms with Gasteiger partial charge >= 0.3 is 0 Å². The largest absolute Gasteiger partial charge is 0.381 e. The van der Waals surface area contributed by atoms with Gasteiger partial charge in [0.05, 0.1) is 0 Å². The van der Waals surface area contributed by atoms with E-state index in [9.17, 15) is 5.11 Å². The molecule has 0 aliphatic rings. The molecule has 1 unspecified atom stereocenters. The summed E-state index contributed by atoms with van der Waals surface area (Å²) >= 11 is 0. The summed E-state index contributed by atoms with van der Waals surface area (Å²) in [6.07, 6.45) is 5.64. The Morgan fingerprint density at radius 3 is 2.39 bits per heavy atom. The molecule has 2 nitrogen and oxygen atoms in total. The lowest BCUT2D eigenvalue weighted by Crippen LogP contribution is -2.22. The van der Waals surface area contributed by atoms with Crippen LogP contribution in [0.15, 0.2) is 48.8 Å². The first-order valence-electron chi connectivity index (χ1n) is 6.37. The summed E-state index contributed by atoms with van der Waals surface area (Å²) in [6, 6.07) is 11.9. The molecule has 1 atom stereocenters. The Balaban J connectivity index is 2.30. The molecule has 94 valence electrons. The first kappa shape index (κ1) is 12.8. The normalized spacial score (nSPS) is 14.2. The average molecular weight is 241 g/mol. The zero-order chi connectivity index (χ0) is 13.0. The summed E-state index contributed by atoms with van der Waals surface area (Å²) in [5.74, 6) is 0. The van der Waals surface area contributed by atoms with Crippen LogP contribution in [0.4, 0.5) is 0 Å². The summed E-state index contributed by atoms with van der Waals surface area (Å²) in [6.45, 7) is 3.97. The molecule has 2 aromatic rings. The molecule has 2 rings (SSSR count). The molecule has 0 amide bonds. The highest BCUT2D eigenvalue weighted by Gasteiger charge is 2.25. The minimum atomic E-state index is -0.987. The molecule has 18 heavy (non-hydrogen) atoms. The van der Waals surface area contributed by atoms with Crippen molar-refractivity contribution in [3.63, 3.8) is 0 Å². The molecule has 0 aliphatic carbocycles. The molecule has 1 heterocycles. The molecule has 2 heteroatoms. The highest BCUT2D eigenvalue weighted by Crippen LogP contribution is 2.28. The maximum absolute atomic E-state index is 10.6. The Morgan fingerprint density at radius 2 is 1.83 bits per heavy atom. The summed E-state index contributed by atoms with van der Waals surface area (Å²) in [7, 11) is 0. The quantitative estimate of drug-likeness (QED) is 0.891. The van der Waals surface area contributed by atoms with Crippen molar-refractivity contribution in [2.24, 2.45) is 0 Å². The summed E-state index contributed by atoms with van der Waals surface area (Å²) in [5.41, 5.74) is 2.03. The predicted molar refractivity (Wildman–Crippen MR) is 73.3 cm³/mol. The minimum Gasteiger partial charge on any atom is -0.381 e. The third-order valence-electron chi connectivity index (χ3n) is 3.28. The highest BCUT2D eigenvalue weighted by molar-refractivity contribution is 5.35. The van der Waals surface area contributed by atoms with Gasteiger partial charge in [-0.15, -0.1) is 0 Å². The fraction of sp³-hybridized carbons (Fsp3) is 0.312. The molecule has 1 N–H and O–H groups in total. The predicted octanol–water partition coefficient (Wildman–Crippen LogP) is 3.29. The summed E-state index contributed by atoms with van der Waals surface area (Å²) in [5, 5.41) is 10.6. The monoisotopic (exact) mass is 241 g/mol. The van der Waals surface area contributed by atoms with E-state index < -0.39 is 5.60 Å². The first-order valence-corrected chi connectivity index (χ1v) is 6.37. The van der Waals surface area contributed by atoms with E-state index in [4.69, 9.17) is 0 Å². The molecule has 0 spiro atoms. The van der Waals surface area contributed by atoms with Gasteiger partial charge in [-0.25, -0.2) is 0 Å². The summed E-state index contributed by atoms with van der Waals surface area (Å²) in [4.78, 5) is 4.06. The van der Waals surface area contributed by atoms with Crippen molar-refractivity contribution >= 4 is 0 Å². The van der Waals surface area contributed by atoms with Gasteiger partial charge in [0.1, 0.15) is 5.60 Å². The van der Waals surface area contributed by atoms with Gasteiger partial charge < -0.3 is 5.11 Å². The molecule has 0 saturated carbocycles. The van der Waals surface area contributed by atoms with Crippen molar-refractivity contribution in [1.29, 1.82) is 0 Å².